The fourth-order valence-electron chi connectivity index (χ4n) is 2.14. The zero-order valence-corrected chi connectivity index (χ0v) is 12.4. The molecule has 5 nitrogen and oxygen atoms in total. The zero-order chi connectivity index (χ0) is 15.9. The van der Waals surface area contributed by atoms with Crippen LogP contribution in [0.3, 0.4) is 0 Å². The average Bonchev–Trinajstić information content (AvgIpc) is 3.01. The van der Waals surface area contributed by atoms with Crippen LogP contribution in [-0.2, 0) is 17.6 Å². The van der Waals surface area contributed by atoms with Crippen molar-refractivity contribution in [3.05, 3.63) is 59.5 Å². The number of amides is 1. The molecule has 0 saturated carbocycles. The van der Waals surface area contributed by atoms with Gasteiger partial charge in [-0.05, 0) is 24.1 Å². The Kier molecular flexibility index (Phi) is 5.36. The molecule has 116 valence electrons. The molecule has 0 unspecified atom stereocenters. The molecule has 5 heteroatoms. The molecule has 1 aromatic heterocycles. The summed E-state index contributed by atoms with van der Waals surface area (Å²) in [5, 5.41) is 11.9. The first-order valence-corrected chi connectivity index (χ1v) is 7.23. The summed E-state index contributed by atoms with van der Waals surface area (Å²) in [6.07, 6.45) is 1.08. The molecule has 1 atom stereocenters. The van der Waals surface area contributed by atoms with Gasteiger partial charge in [0.2, 0.25) is 0 Å². The Morgan fingerprint density at radius 2 is 1.91 bits per heavy atom. The number of aryl methyl sites for hydroxylation is 1. The van der Waals surface area contributed by atoms with Gasteiger partial charge in [0, 0.05) is 13.0 Å². The lowest BCUT2D eigenvalue weighted by atomic mass is 9.99. The standard InChI is InChI=1S/C17H19NO4/c1-2-14-8-9-15(22-14)16(19)18-11-13(17(20)21)10-12-6-4-3-5-7-12/h3-9,13H,2,10-11H2,1H3,(H,18,19)(H,20,21)/t13-/m0/s1. The molecule has 0 aliphatic heterocycles. The van der Waals surface area contributed by atoms with Crippen molar-refractivity contribution in [1.82, 2.24) is 5.32 Å². The highest BCUT2D eigenvalue weighted by atomic mass is 16.4. The first-order valence-electron chi connectivity index (χ1n) is 7.23. The second-order valence-corrected chi connectivity index (χ2v) is 5.05. The van der Waals surface area contributed by atoms with Crippen LogP contribution in [0.5, 0.6) is 0 Å². The van der Waals surface area contributed by atoms with Gasteiger partial charge in [0.05, 0.1) is 5.92 Å². The second kappa shape index (κ2) is 7.45. The Labute approximate surface area is 129 Å². The summed E-state index contributed by atoms with van der Waals surface area (Å²) in [4.78, 5) is 23.3. The minimum atomic E-state index is -0.933. The molecule has 2 aromatic rings. The molecule has 0 fully saturated rings. The molecule has 2 rings (SSSR count). The molecular weight excluding hydrogens is 282 g/mol. The Bertz CT molecular complexity index is 633. The van der Waals surface area contributed by atoms with Crippen molar-refractivity contribution < 1.29 is 19.1 Å². The number of furan rings is 1. The molecular formula is C17H19NO4. The van der Waals surface area contributed by atoms with Gasteiger partial charge in [-0.15, -0.1) is 0 Å². The monoisotopic (exact) mass is 301 g/mol. The minimum Gasteiger partial charge on any atom is -0.481 e. The molecule has 22 heavy (non-hydrogen) atoms. The SMILES string of the molecule is CCc1ccc(C(=O)NC[C@H](Cc2ccccc2)C(=O)O)o1. The van der Waals surface area contributed by atoms with Crippen molar-refractivity contribution in [2.45, 2.75) is 19.8 Å². The highest BCUT2D eigenvalue weighted by Crippen LogP contribution is 2.11. The summed E-state index contributed by atoms with van der Waals surface area (Å²) in [6, 6.07) is 12.7. The van der Waals surface area contributed by atoms with E-state index in [1.165, 1.54) is 0 Å². The number of nitrogens with one attached hydrogen (secondary N) is 1. The highest BCUT2D eigenvalue weighted by molar-refractivity contribution is 5.91. The second-order valence-electron chi connectivity index (χ2n) is 5.05. The lowest BCUT2D eigenvalue weighted by Gasteiger charge is -2.13. The lowest BCUT2D eigenvalue weighted by Crippen LogP contribution is -2.33. The van der Waals surface area contributed by atoms with Crippen LogP contribution in [0.25, 0.3) is 0 Å². The van der Waals surface area contributed by atoms with E-state index in [9.17, 15) is 14.7 Å². The third-order valence-electron chi connectivity index (χ3n) is 3.42. The topological polar surface area (TPSA) is 79.5 Å². The van der Waals surface area contributed by atoms with E-state index in [-0.39, 0.29) is 18.2 Å². The van der Waals surface area contributed by atoms with Crippen LogP contribution in [0.2, 0.25) is 0 Å². The maximum atomic E-state index is 12.0. The largest absolute Gasteiger partial charge is 0.481 e. The van der Waals surface area contributed by atoms with Gasteiger partial charge in [-0.3, -0.25) is 9.59 Å². The summed E-state index contributed by atoms with van der Waals surface area (Å²) < 4.78 is 5.35. The predicted molar refractivity (Wildman–Crippen MR) is 81.7 cm³/mol. The van der Waals surface area contributed by atoms with Crippen LogP contribution in [-0.4, -0.2) is 23.5 Å². The fourth-order valence-corrected chi connectivity index (χ4v) is 2.14. The van der Waals surface area contributed by atoms with Crippen LogP contribution < -0.4 is 5.32 Å². The van der Waals surface area contributed by atoms with E-state index in [0.29, 0.717) is 12.8 Å². The number of carboxylic acids is 1. The van der Waals surface area contributed by atoms with Crippen LogP contribution >= 0.6 is 0 Å². The molecule has 0 aliphatic carbocycles. The smallest absolute Gasteiger partial charge is 0.308 e. The molecule has 0 bridgehead atoms. The van der Waals surface area contributed by atoms with Gasteiger partial charge >= 0.3 is 5.97 Å². The van der Waals surface area contributed by atoms with E-state index in [2.05, 4.69) is 5.32 Å². The van der Waals surface area contributed by atoms with Gasteiger partial charge in [0.15, 0.2) is 5.76 Å². The number of benzene rings is 1. The number of carboxylic acid groups (broad SMARTS) is 1. The average molecular weight is 301 g/mol. The molecule has 1 amide bonds. The zero-order valence-electron chi connectivity index (χ0n) is 12.4. The molecule has 0 saturated heterocycles. The van der Waals surface area contributed by atoms with Gasteiger partial charge in [-0.1, -0.05) is 37.3 Å². The van der Waals surface area contributed by atoms with Crippen molar-refractivity contribution in [3.8, 4) is 0 Å². The van der Waals surface area contributed by atoms with Crippen LogP contribution in [0.15, 0.2) is 46.9 Å². The first kappa shape index (κ1) is 15.8. The van der Waals surface area contributed by atoms with Crippen LogP contribution in [0.1, 0.15) is 28.8 Å². The Hall–Kier alpha value is -2.56. The Balaban J connectivity index is 1.94. The van der Waals surface area contributed by atoms with E-state index in [1.54, 1.807) is 12.1 Å². The van der Waals surface area contributed by atoms with Gasteiger partial charge < -0.3 is 14.8 Å². The fraction of sp³-hybridized carbons (Fsp3) is 0.294. The number of aliphatic carboxylic acids is 1. The number of carbonyl (C=O) groups excluding carboxylic acids is 1. The third kappa shape index (κ3) is 4.22. The number of hydrogen-bond donors (Lipinski definition) is 2. The van der Waals surface area contributed by atoms with Gasteiger partial charge in [0.25, 0.3) is 5.91 Å². The first-order chi connectivity index (χ1) is 10.6. The molecule has 2 N–H and O–H groups in total. The van der Waals surface area contributed by atoms with E-state index >= 15 is 0 Å². The van der Waals surface area contributed by atoms with E-state index in [1.807, 2.05) is 37.3 Å². The summed E-state index contributed by atoms with van der Waals surface area (Å²) in [5.74, 6) is -1.06. The summed E-state index contributed by atoms with van der Waals surface area (Å²) in [7, 11) is 0. The van der Waals surface area contributed by atoms with Gasteiger partial charge in [-0.2, -0.15) is 0 Å². The van der Waals surface area contributed by atoms with Crippen molar-refractivity contribution in [2.24, 2.45) is 5.92 Å². The third-order valence-corrected chi connectivity index (χ3v) is 3.42. The lowest BCUT2D eigenvalue weighted by molar-refractivity contribution is -0.141. The minimum absolute atomic E-state index is 0.0607. The quantitative estimate of drug-likeness (QED) is 0.823. The van der Waals surface area contributed by atoms with Crippen molar-refractivity contribution in [3.63, 3.8) is 0 Å². The van der Waals surface area contributed by atoms with Crippen molar-refractivity contribution >= 4 is 11.9 Å². The normalized spacial score (nSPS) is 11.9. The molecule has 0 aliphatic rings. The Morgan fingerprint density at radius 1 is 1.18 bits per heavy atom. The maximum absolute atomic E-state index is 12.0. The molecule has 1 aromatic carbocycles. The van der Waals surface area contributed by atoms with Crippen molar-refractivity contribution in [1.29, 1.82) is 0 Å². The number of hydrogen-bond acceptors (Lipinski definition) is 3. The van der Waals surface area contributed by atoms with Gasteiger partial charge in [0.1, 0.15) is 5.76 Å². The maximum Gasteiger partial charge on any atom is 0.308 e. The summed E-state index contributed by atoms with van der Waals surface area (Å²) >= 11 is 0. The Morgan fingerprint density at radius 3 is 2.50 bits per heavy atom. The number of carbonyl (C=O) groups is 2. The summed E-state index contributed by atoms with van der Waals surface area (Å²) in [6.45, 7) is 1.99. The predicted octanol–water partition coefficient (Wildman–Crippen LogP) is 2.52. The van der Waals surface area contributed by atoms with Gasteiger partial charge in [-0.25, -0.2) is 0 Å². The van der Waals surface area contributed by atoms with Crippen LogP contribution in [0.4, 0.5) is 0 Å². The number of rotatable bonds is 7. The van der Waals surface area contributed by atoms with E-state index < -0.39 is 11.9 Å². The highest BCUT2D eigenvalue weighted by Gasteiger charge is 2.20. The summed E-state index contributed by atoms with van der Waals surface area (Å²) in [5.41, 5.74) is 0.926. The van der Waals surface area contributed by atoms with Crippen molar-refractivity contribution in [2.75, 3.05) is 6.54 Å². The van der Waals surface area contributed by atoms with E-state index in [4.69, 9.17) is 4.42 Å². The molecule has 0 spiro atoms. The van der Waals surface area contributed by atoms with E-state index in [0.717, 1.165) is 11.3 Å². The molecule has 1 heterocycles. The molecule has 0 radical (unpaired) electrons. The van der Waals surface area contributed by atoms with Crippen LogP contribution in [0, 0.1) is 5.92 Å².